The van der Waals surface area contributed by atoms with E-state index in [4.69, 9.17) is 0 Å². The number of aryl methyl sites for hydroxylation is 1. The number of anilines is 1. The SMILES string of the molecule is CCn1c(NC(=O)c2cc(-c3cccs3)[nH]n2)nc2ccccc21. The normalized spacial score (nSPS) is 11.0. The summed E-state index contributed by atoms with van der Waals surface area (Å²) in [6.07, 6.45) is 0. The molecular formula is C17H15N5OS. The van der Waals surface area contributed by atoms with E-state index in [-0.39, 0.29) is 5.91 Å². The summed E-state index contributed by atoms with van der Waals surface area (Å²) < 4.78 is 1.97. The van der Waals surface area contributed by atoms with Crippen molar-refractivity contribution in [3.8, 4) is 10.6 Å². The van der Waals surface area contributed by atoms with Gasteiger partial charge in [0.1, 0.15) is 0 Å². The van der Waals surface area contributed by atoms with Crippen LogP contribution < -0.4 is 5.32 Å². The van der Waals surface area contributed by atoms with Gasteiger partial charge in [0, 0.05) is 6.54 Å². The van der Waals surface area contributed by atoms with Gasteiger partial charge < -0.3 is 4.57 Å². The van der Waals surface area contributed by atoms with Crippen LogP contribution in [0.25, 0.3) is 21.6 Å². The Balaban J connectivity index is 1.63. The predicted octanol–water partition coefficient (Wildman–Crippen LogP) is 3.76. The van der Waals surface area contributed by atoms with Crippen molar-refractivity contribution < 1.29 is 4.79 Å². The van der Waals surface area contributed by atoms with Crippen molar-refractivity contribution in [3.63, 3.8) is 0 Å². The molecule has 120 valence electrons. The molecule has 0 saturated carbocycles. The number of aromatic nitrogens is 4. The van der Waals surface area contributed by atoms with Crippen LogP contribution in [0.5, 0.6) is 0 Å². The highest BCUT2D eigenvalue weighted by Gasteiger charge is 2.16. The first kappa shape index (κ1) is 14.6. The highest BCUT2D eigenvalue weighted by molar-refractivity contribution is 7.13. The molecule has 0 aliphatic rings. The van der Waals surface area contributed by atoms with Crippen molar-refractivity contribution in [1.29, 1.82) is 0 Å². The molecule has 0 saturated heterocycles. The molecule has 4 aromatic rings. The van der Waals surface area contributed by atoms with Crippen LogP contribution in [0.3, 0.4) is 0 Å². The molecule has 1 amide bonds. The Morgan fingerprint density at radius 3 is 2.96 bits per heavy atom. The Bertz CT molecular complexity index is 999. The van der Waals surface area contributed by atoms with Gasteiger partial charge in [0.15, 0.2) is 5.69 Å². The third-order valence-corrected chi connectivity index (χ3v) is 4.70. The molecule has 3 aromatic heterocycles. The van der Waals surface area contributed by atoms with Gasteiger partial charge in [-0.2, -0.15) is 5.10 Å². The Morgan fingerprint density at radius 2 is 2.17 bits per heavy atom. The molecule has 0 aliphatic carbocycles. The van der Waals surface area contributed by atoms with Gasteiger partial charge in [-0.15, -0.1) is 11.3 Å². The monoisotopic (exact) mass is 337 g/mol. The number of hydrogen-bond donors (Lipinski definition) is 2. The van der Waals surface area contributed by atoms with Crippen LogP contribution in [0.2, 0.25) is 0 Å². The molecule has 4 rings (SSSR count). The number of para-hydroxylation sites is 2. The van der Waals surface area contributed by atoms with E-state index >= 15 is 0 Å². The number of carbonyl (C=O) groups is 1. The third kappa shape index (κ3) is 2.48. The molecule has 0 fully saturated rings. The lowest BCUT2D eigenvalue weighted by molar-refractivity contribution is 0.102. The third-order valence-electron chi connectivity index (χ3n) is 3.79. The lowest BCUT2D eigenvalue weighted by Crippen LogP contribution is -2.16. The zero-order chi connectivity index (χ0) is 16.5. The van der Waals surface area contributed by atoms with Crippen molar-refractivity contribution in [2.24, 2.45) is 0 Å². The number of nitrogens with zero attached hydrogens (tertiary/aromatic N) is 3. The van der Waals surface area contributed by atoms with Gasteiger partial charge in [-0.05, 0) is 36.6 Å². The summed E-state index contributed by atoms with van der Waals surface area (Å²) in [4.78, 5) is 18.0. The number of thiophene rings is 1. The molecule has 1 aromatic carbocycles. The molecule has 0 radical (unpaired) electrons. The number of carbonyl (C=O) groups excluding carboxylic acids is 1. The second-order valence-corrected chi connectivity index (χ2v) is 6.21. The van der Waals surface area contributed by atoms with Crippen LogP contribution in [0, 0.1) is 0 Å². The molecule has 24 heavy (non-hydrogen) atoms. The molecule has 3 heterocycles. The number of imidazole rings is 1. The van der Waals surface area contributed by atoms with E-state index in [1.165, 1.54) is 0 Å². The largest absolute Gasteiger partial charge is 0.310 e. The molecular weight excluding hydrogens is 322 g/mol. The zero-order valence-corrected chi connectivity index (χ0v) is 13.8. The minimum absolute atomic E-state index is 0.279. The van der Waals surface area contributed by atoms with Crippen molar-refractivity contribution in [2.75, 3.05) is 5.32 Å². The standard InChI is InChI=1S/C17H15N5OS/c1-2-22-14-7-4-3-6-11(14)18-17(22)19-16(23)13-10-12(20-21-13)15-8-5-9-24-15/h3-10H,2H2,1H3,(H,20,21)(H,18,19,23). The first-order chi connectivity index (χ1) is 11.8. The summed E-state index contributed by atoms with van der Waals surface area (Å²) in [5.41, 5.74) is 3.03. The number of benzene rings is 1. The summed E-state index contributed by atoms with van der Waals surface area (Å²) in [5, 5.41) is 11.9. The van der Waals surface area contributed by atoms with E-state index in [0.717, 1.165) is 28.1 Å². The van der Waals surface area contributed by atoms with Gasteiger partial charge in [0.05, 0.1) is 21.6 Å². The molecule has 0 spiro atoms. The number of fused-ring (bicyclic) bond motifs is 1. The Labute approximate surface area is 142 Å². The first-order valence-corrected chi connectivity index (χ1v) is 8.50. The van der Waals surface area contributed by atoms with Gasteiger partial charge in [0.25, 0.3) is 5.91 Å². The van der Waals surface area contributed by atoms with E-state index in [0.29, 0.717) is 11.6 Å². The Hall–Kier alpha value is -2.93. The van der Waals surface area contributed by atoms with Crippen LogP contribution in [-0.4, -0.2) is 25.7 Å². The second-order valence-electron chi connectivity index (χ2n) is 5.27. The van der Waals surface area contributed by atoms with Crippen LogP contribution in [-0.2, 0) is 6.54 Å². The fourth-order valence-corrected chi connectivity index (χ4v) is 3.35. The van der Waals surface area contributed by atoms with Crippen molar-refractivity contribution in [2.45, 2.75) is 13.5 Å². The highest BCUT2D eigenvalue weighted by atomic mass is 32.1. The average Bonchev–Trinajstić information content (AvgIpc) is 3.33. The minimum Gasteiger partial charge on any atom is -0.310 e. The number of aromatic amines is 1. The topological polar surface area (TPSA) is 75.6 Å². The molecule has 2 N–H and O–H groups in total. The lowest BCUT2D eigenvalue weighted by atomic mass is 10.3. The fourth-order valence-electron chi connectivity index (χ4n) is 2.65. The van der Waals surface area contributed by atoms with Crippen molar-refractivity contribution >= 4 is 34.2 Å². The summed E-state index contributed by atoms with van der Waals surface area (Å²) in [5.74, 6) is 0.253. The summed E-state index contributed by atoms with van der Waals surface area (Å²) >= 11 is 1.59. The molecule has 0 unspecified atom stereocenters. The smallest absolute Gasteiger partial charge is 0.278 e. The maximum atomic E-state index is 12.5. The predicted molar refractivity (Wildman–Crippen MR) is 95.3 cm³/mol. The van der Waals surface area contributed by atoms with Crippen LogP contribution in [0.15, 0.2) is 47.8 Å². The maximum absolute atomic E-state index is 12.5. The van der Waals surface area contributed by atoms with E-state index in [9.17, 15) is 4.79 Å². The molecule has 6 nitrogen and oxygen atoms in total. The minimum atomic E-state index is -0.279. The van der Waals surface area contributed by atoms with Crippen LogP contribution >= 0.6 is 11.3 Å². The van der Waals surface area contributed by atoms with Crippen molar-refractivity contribution in [3.05, 3.63) is 53.5 Å². The van der Waals surface area contributed by atoms with Crippen LogP contribution in [0.1, 0.15) is 17.4 Å². The summed E-state index contributed by atoms with van der Waals surface area (Å²) in [6.45, 7) is 2.74. The zero-order valence-electron chi connectivity index (χ0n) is 13.0. The lowest BCUT2D eigenvalue weighted by Gasteiger charge is -2.06. The number of rotatable bonds is 4. The maximum Gasteiger partial charge on any atom is 0.278 e. The molecule has 0 aliphatic heterocycles. The second kappa shape index (κ2) is 5.93. The molecule has 0 bridgehead atoms. The number of nitrogens with one attached hydrogen (secondary N) is 2. The van der Waals surface area contributed by atoms with Gasteiger partial charge >= 0.3 is 0 Å². The van der Waals surface area contributed by atoms with E-state index in [2.05, 4.69) is 20.5 Å². The van der Waals surface area contributed by atoms with Gasteiger partial charge in [-0.1, -0.05) is 18.2 Å². The average molecular weight is 337 g/mol. The van der Waals surface area contributed by atoms with E-state index in [1.807, 2.05) is 53.3 Å². The quantitative estimate of drug-likeness (QED) is 0.595. The summed E-state index contributed by atoms with van der Waals surface area (Å²) in [6, 6.07) is 13.5. The highest BCUT2D eigenvalue weighted by Crippen LogP contribution is 2.24. The first-order valence-electron chi connectivity index (χ1n) is 7.62. The van der Waals surface area contributed by atoms with Gasteiger partial charge in [-0.25, -0.2) is 4.98 Å². The van der Waals surface area contributed by atoms with Crippen molar-refractivity contribution in [1.82, 2.24) is 19.7 Å². The van der Waals surface area contributed by atoms with E-state index in [1.54, 1.807) is 17.4 Å². The molecule has 0 atom stereocenters. The number of hydrogen-bond acceptors (Lipinski definition) is 4. The number of H-pyrrole nitrogens is 1. The van der Waals surface area contributed by atoms with E-state index < -0.39 is 0 Å². The summed E-state index contributed by atoms with van der Waals surface area (Å²) in [7, 11) is 0. The number of amides is 1. The van der Waals surface area contributed by atoms with Crippen LogP contribution in [0.4, 0.5) is 5.95 Å². The Morgan fingerprint density at radius 1 is 1.29 bits per heavy atom. The van der Waals surface area contributed by atoms with Gasteiger partial charge in [-0.3, -0.25) is 15.2 Å². The fraction of sp³-hybridized carbons (Fsp3) is 0.118. The van der Waals surface area contributed by atoms with Gasteiger partial charge in [0.2, 0.25) is 5.95 Å². The Kier molecular flexibility index (Phi) is 3.62. The molecule has 7 heteroatoms.